The van der Waals surface area contributed by atoms with Gasteiger partial charge in [-0.1, -0.05) is 19.9 Å². The molecule has 1 aromatic carbocycles. The van der Waals surface area contributed by atoms with Gasteiger partial charge >= 0.3 is 0 Å². The van der Waals surface area contributed by atoms with Crippen LogP contribution in [0.3, 0.4) is 0 Å². The van der Waals surface area contributed by atoms with Crippen molar-refractivity contribution in [1.82, 2.24) is 0 Å². The number of anilines is 1. The normalized spacial score (nSPS) is 11.4. The summed E-state index contributed by atoms with van der Waals surface area (Å²) in [6.07, 6.45) is 2.11. The molecule has 19 heavy (non-hydrogen) atoms. The maximum absolute atomic E-state index is 11.9. The Kier molecular flexibility index (Phi) is 5.36. The zero-order valence-electron chi connectivity index (χ0n) is 12.0. The van der Waals surface area contributed by atoms with Crippen molar-refractivity contribution in [2.45, 2.75) is 40.0 Å². The Balaban J connectivity index is 2.54. The van der Waals surface area contributed by atoms with Crippen LogP contribution in [-0.4, -0.2) is 17.6 Å². The SMILES string of the molecule is Cc1ccc(O)c(NC(=O)CCC(C)(C)CCN)c1. The van der Waals surface area contributed by atoms with Crippen molar-refractivity contribution in [3.63, 3.8) is 0 Å². The zero-order chi connectivity index (χ0) is 14.5. The molecule has 0 aliphatic carbocycles. The van der Waals surface area contributed by atoms with Gasteiger partial charge in [0, 0.05) is 6.42 Å². The number of phenols is 1. The van der Waals surface area contributed by atoms with Gasteiger partial charge in [-0.2, -0.15) is 0 Å². The monoisotopic (exact) mass is 264 g/mol. The number of nitrogens with one attached hydrogen (secondary N) is 1. The Bertz CT molecular complexity index is 442. The maximum atomic E-state index is 11.9. The van der Waals surface area contributed by atoms with Gasteiger partial charge in [0.1, 0.15) is 5.75 Å². The predicted octanol–water partition coefficient (Wildman–Crippen LogP) is 2.79. The lowest BCUT2D eigenvalue weighted by Crippen LogP contribution is -2.20. The Morgan fingerprint density at radius 2 is 2.05 bits per heavy atom. The number of amides is 1. The van der Waals surface area contributed by atoms with Crippen LogP contribution in [0.25, 0.3) is 0 Å². The minimum Gasteiger partial charge on any atom is -0.506 e. The summed E-state index contributed by atoms with van der Waals surface area (Å²) in [7, 11) is 0. The number of aryl methyl sites for hydroxylation is 1. The van der Waals surface area contributed by atoms with Crippen LogP contribution in [0.4, 0.5) is 5.69 Å². The first-order valence-corrected chi connectivity index (χ1v) is 6.63. The van der Waals surface area contributed by atoms with Crippen molar-refractivity contribution in [1.29, 1.82) is 0 Å². The summed E-state index contributed by atoms with van der Waals surface area (Å²) in [6, 6.07) is 5.15. The van der Waals surface area contributed by atoms with Crippen molar-refractivity contribution in [2.24, 2.45) is 11.1 Å². The second-order valence-corrected chi connectivity index (χ2v) is 5.77. The van der Waals surface area contributed by atoms with E-state index in [4.69, 9.17) is 5.73 Å². The molecule has 106 valence electrons. The van der Waals surface area contributed by atoms with Gasteiger partial charge < -0.3 is 16.2 Å². The van der Waals surface area contributed by atoms with Crippen LogP contribution >= 0.6 is 0 Å². The lowest BCUT2D eigenvalue weighted by atomic mass is 9.84. The van der Waals surface area contributed by atoms with E-state index in [2.05, 4.69) is 19.2 Å². The van der Waals surface area contributed by atoms with E-state index in [0.29, 0.717) is 18.7 Å². The number of aromatic hydroxyl groups is 1. The van der Waals surface area contributed by atoms with Crippen LogP contribution in [0.5, 0.6) is 5.75 Å². The standard InChI is InChI=1S/C15H24N2O2/c1-11-4-5-13(18)12(10-11)17-14(19)6-7-15(2,3)8-9-16/h4-5,10,18H,6-9,16H2,1-3H3,(H,17,19). The third-order valence-corrected chi connectivity index (χ3v) is 3.28. The summed E-state index contributed by atoms with van der Waals surface area (Å²) in [4.78, 5) is 11.9. The Hall–Kier alpha value is -1.55. The highest BCUT2D eigenvalue weighted by Crippen LogP contribution is 2.27. The van der Waals surface area contributed by atoms with E-state index in [1.54, 1.807) is 18.2 Å². The van der Waals surface area contributed by atoms with Crippen LogP contribution in [0, 0.1) is 12.3 Å². The van der Waals surface area contributed by atoms with Gasteiger partial charge in [0.15, 0.2) is 0 Å². The number of benzene rings is 1. The summed E-state index contributed by atoms with van der Waals surface area (Å²) < 4.78 is 0. The van der Waals surface area contributed by atoms with Crippen molar-refractivity contribution < 1.29 is 9.90 Å². The minimum atomic E-state index is -0.0778. The quantitative estimate of drug-likeness (QED) is 0.691. The van der Waals surface area contributed by atoms with E-state index < -0.39 is 0 Å². The number of rotatable bonds is 6. The Labute approximate surface area is 115 Å². The van der Waals surface area contributed by atoms with Gasteiger partial charge in [-0.3, -0.25) is 4.79 Å². The molecule has 1 rings (SSSR count). The molecule has 0 radical (unpaired) electrons. The molecule has 4 heteroatoms. The molecule has 1 aromatic rings. The van der Waals surface area contributed by atoms with E-state index >= 15 is 0 Å². The second kappa shape index (κ2) is 6.57. The van der Waals surface area contributed by atoms with Crippen molar-refractivity contribution in [3.8, 4) is 5.75 Å². The summed E-state index contributed by atoms with van der Waals surface area (Å²) in [5, 5.41) is 12.4. The number of hydrogen-bond donors (Lipinski definition) is 3. The molecule has 1 amide bonds. The van der Waals surface area contributed by atoms with Gasteiger partial charge in [0.05, 0.1) is 5.69 Å². The summed E-state index contributed by atoms with van der Waals surface area (Å²) >= 11 is 0. The molecule has 0 aliphatic rings. The highest BCUT2D eigenvalue weighted by Gasteiger charge is 2.18. The lowest BCUT2D eigenvalue weighted by molar-refractivity contribution is -0.116. The number of hydrogen-bond acceptors (Lipinski definition) is 3. The molecule has 0 saturated heterocycles. The fourth-order valence-corrected chi connectivity index (χ4v) is 1.93. The molecule has 4 N–H and O–H groups in total. The number of carbonyl (C=O) groups excluding carboxylic acids is 1. The van der Waals surface area contributed by atoms with Crippen LogP contribution < -0.4 is 11.1 Å². The van der Waals surface area contributed by atoms with E-state index in [1.807, 2.05) is 6.92 Å². The average Bonchev–Trinajstić information content (AvgIpc) is 2.31. The van der Waals surface area contributed by atoms with E-state index in [9.17, 15) is 9.90 Å². The number of carbonyl (C=O) groups is 1. The molecule has 0 fully saturated rings. The largest absolute Gasteiger partial charge is 0.506 e. The van der Waals surface area contributed by atoms with Crippen LogP contribution in [-0.2, 0) is 4.79 Å². The lowest BCUT2D eigenvalue weighted by Gasteiger charge is -2.23. The van der Waals surface area contributed by atoms with Gasteiger partial charge in [-0.05, 0) is 49.4 Å². The molecule has 0 unspecified atom stereocenters. The molecule has 0 heterocycles. The van der Waals surface area contributed by atoms with E-state index in [-0.39, 0.29) is 17.1 Å². The smallest absolute Gasteiger partial charge is 0.224 e. The summed E-state index contributed by atoms with van der Waals surface area (Å²) in [5.41, 5.74) is 7.09. The third-order valence-electron chi connectivity index (χ3n) is 3.28. The first-order valence-electron chi connectivity index (χ1n) is 6.63. The Morgan fingerprint density at radius 1 is 1.37 bits per heavy atom. The third kappa shape index (κ3) is 5.30. The Morgan fingerprint density at radius 3 is 2.68 bits per heavy atom. The second-order valence-electron chi connectivity index (χ2n) is 5.77. The van der Waals surface area contributed by atoms with E-state index in [0.717, 1.165) is 18.4 Å². The molecule has 4 nitrogen and oxygen atoms in total. The molecule has 0 bridgehead atoms. The molecular formula is C15H24N2O2. The first-order chi connectivity index (χ1) is 8.84. The maximum Gasteiger partial charge on any atom is 0.224 e. The van der Waals surface area contributed by atoms with Crippen LogP contribution in [0.1, 0.15) is 38.7 Å². The van der Waals surface area contributed by atoms with Crippen LogP contribution in [0.15, 0.2) is 18.2 Å². The molecule has 0 aliphatic heterocycles. The zero-order valence-corrected chi connectivity index (χ0v) is 12.0. The number of phenolic OH excluding ortho intramolecular Hbond substituents is 1. The fourth-order valence-electron chi connectivity index (χ4n) is 1.93. The highest BCUT2D eigenvalue weighted by molar-refractivity contribution is 5.92. The van der Waals surface area contributed by atoms with Crippen molar-refractivity contribution in [2.75, 3.05) is 11.9 Å². The van der Waals surface area contributed by atoms with Gasteiger partial charge in [-0.15, -0.1) is 0 Å². The van der Waals surface area contributed by atoms with Gasteiger partial charge in [-0.25, -0.2) is 0 Å². The molecule has 0 spiro atoms. The predicted molar refractivity (Wildman–Crippen MR) is 78.2 cm³/mol. The molecular weight excluding hydrogens is 240 g/mol. The average molecular weight is 264 g/mol. The summed E-state index contributed by atoms with van der Waals surface area (Å²) in [5.74, 6) is 0.0196. The van der Waals surface area contributed by atoms with Crippen LogP contribution in [0.2, 0.25) is 0 Å². The topological polar surface area (TPSA) is 75.3 Å². The number of nitrogens with two attached hydrogens (primary N) is 1. The highest BCUT2D eigenvalue weighted by atomic mass is 16.3. The molecule has 0 saturated carbocycles. The minimum absolute atomic E-state index is 0.0702. The molecule has 0 aromatic heterocycles. The first kappa shape index (κ1) is 15.5. The summed E-state index contributed by atoms with van der Waals surface area (Å²) in [6.45, 7) is 6.77. The van der Waals surface area contributed by atoms with E-state index in [1.165, 1.54) is 0 Å². The fraction of sp³-hybridized carbons (Fsp3) is 0.533. The van der Waals surface area contributed by atoms with Gasteiger partial charge in [0.2, 0.25) is 5.91 Å². The van der Waals surface area contributed by atoms with Crippen molar-refractivity contribution in [3.05, 3.63) is 23.8 Å². The van der Waals surface area contributed by atoms with Crippen molar-refractivity contribution >= 4 is 11.6 Å². The molecule has 0 atom stereocenters. The van der Waals surface area contributed by atoms with Gasteiger partial charge in [0.25, 0.3) is 0 Å².